The molecule has 0 bridgehead atoms. The van der Waals surface area contributed by atoms with Crippen LogP contribution in [-0.2, 0) is 0 Å². The van der Waals surface area contributed by atoms with Crippen molar-refractivity contribution in [2.75, 3.05) is 11.1 Å². The molecular weight excluding hydrogens is 376 g/mol. The highest BCUT2D eigenvalue weighted by Crippen LogP contribution is 2.37. The third-order valence-electron chi connectivity index (χ3n) is 4.30. The number of hydrogen-bond acceptors (Lipinski definition) is 8. The molecule has 2 atom stereocenters. The zero-order chi connectivity index (χ0) is 18.3. The van der Waals surface area contributed by atoms with E-state index in [0.717, 1.165) is 9.79 Å². The molecule has 0 unspecified atom stereocenters. The molecule has 3 heterocycles. The largest absolute Gasteiger partial charge is 0.393 e. The van der Waals surface area contributed by atoms with Gasteiger partial charge in [-0.05, 0) is 18.9 Å². The number of nitrogens with zero attached hydrogens (tertiary/aromatic N) is 4. The van der Waals surface area contributed by atoms with E-state index in [1.807, 2.05) is 0 Å². The van der Waals surface area contributed by atoms with E-state index < -0.39 is 11.8 Å². The lowest BCUT2D eigenvalue weighted by Gasteiger charge is -2.25. The Labute approximate surface area is 158 Å². The molecule has 0 saturated heterocycles. The van der Waals surface area contributed by atoms with Crippen LogP contribution < -0.4 is 11.1 Å². The summed E-state index contributed by atoms with van der Waals surface area (Å²) in [7, 11) is 0. The van der Waals surface area contributed by atoms with Crippen molar-refractivity contribution in [1.82, 2.24) is 19.4 Å². The van der Waals surface area contributed by atoms with Gasteiger partial charge in [0.2, 0.25) is 5.95 Å². The lowest BCUT2D eigenvalue weighted by molar-refractivity contribution is 0.0582. The number of anilines is 2. The van der Waals surface area contributed by atoms with Crippen LogP contribution in [0.2, 0.25) is 5.02 Å². The highest BCUT2D eigenvalue weighted by Gasteiger charge is 2.37. The topological polar surface area (TPSA) is 122 Å². The van der Waals surface area contributed by atoms with Gasteiger partial charge in [0, 0.05) is 36.1 Å². The first-order chi connectivity index (χ1) is 12.5. The Morgan fingerprint density at radius 3 is 2.92 bits per heavy atom. The van der Waals surface area contributed by atoms with Gasteiger partial charge in [-0.3, -0.25) is 4.40 Å². The second-order valence-electron chi connectivity index (χ2n) is 6.23. The molecule has 0 aliphatic heterocycles. The van der Waals surface area contributed by atoms with Crippen LogP contribution in [0.15, 0.2) is 40.6 Å². The van der Waals surface area contributed by atoms with E-state index in [1.165, 1.54) is 11.8 Å². The fourth-order valence-corrected chi connectivity index (χ4v) is 4.16. The van der Waals surface area contributed by atoms with Gasteiger partial charge in [0.15, 0.2) is 5.65 Å². The van der Waals surface area contributed by atoms with Crippen LogP contribution in [0.4, 0.5) is 11.8 Å². The maximum absolute atomic E-state index is 10.6. The number of rotatable bonds is 4. The fourth-order valence-electron chi connectivity index (χ4n) is 3.02. The van der Waals surface area contributed by atoms with Gasteiger partial charge in [0.1, 0.15) is 11.5 Å². The van der Waals surface area contributed by atoms with Crippen LogP contribution in [-0.4, -0.2) is 41.4 Å². The number of imidazole rings is 1. The molecule has 136 valence electrons. The van der Waals surface area contributed by atoms with Crippen LogP contribution in [0.3, 0.4) is 0 Å². The molecule has 3 aromatic heterocycles. The molecule has 1 aliphatic carbocycles. The number of nitrogens with one attached hydrogen (secondary N) is 1. The third-order valence-corrected chi connectivity index (χ3v) is 5.88. The molecule has 4 rings (SSSR count). The molecule has 8 nitrogen and oxygen atoms in total. The SMILES string of the molecule is Nc1nccc(Sc2cnc(N[C@]3(O)CC[C@@H](O)C3)n3ccnc23)c1Cl. The number of aromatic nitrogens is 4. The summed E-state index contributed by atoms with van der Waals surface area (Å²) < 4.78 is 1.75. The predicted molar refractivity (Wildman–Crippen MR) is 99.2 cm³/mol. The molecule has 0 spiro atoms. The zero-order valence-corrected chi connectivity index (χ0v) is 15.2. The van der Waals surface area contributed by atoms with Gasteiger partial charge in [0.25, 0.3) is 0 Å². The highest BCUT2D eigenvalue weighted by molar-refractivity contribution is 7.99. The Morgan fingerprint density at radius 1 is 1.31 bits per heavy atom. The third kappa shape index (κ3) is 3.18. The summed E-state index contributed by atoms with van der Waals surface area (Å²) in [6, 6.07) is 1.78. The lowest BCUT2D eigenvalue weighted by atomic mass is 10.2. The summed E-state index contributed by atoms with van der Waals surface area (Å²) >= 11 is 7.61. The van der Waals surface area contributed by atoms with Crippen molar-refractivity contribution in [1.29, 1.82) is 0 Å². The quantitative estimate of drug-likeness (QED) is 0.498. The maximum atomic E-state index is 10.6. The first kappa shape index (κ1) is 17.3. The fraction of sp³-hybridized carbons (Fsp3) is 0.312. The van der Waals surface area contributed by atoms with Gasteiger partial charge in [-0.2, -0.15) is 0 Å². The summed E-state index contributed by atoms with van der Waals surface area (Å²) in [5.41, 5.74) is 5.25. The van der Waals surface area contributed by atoms with Crippen molar-refractivity contribution in [3.05, 3.63) is 35.9 Å². The number of pyridine rings is 1. The van der Waals surface area contributed by atoms with E-state index in [4.69, 9.17) is 17.3 Å². The summed E-state index contributed by atoms with van der Waals surface area (Å²) in [6.45, 7) is 0. The van der Waals surface area contributed by atoms with E-state index in [1.54, 1.807) is 35.3 Å². The van der Waals surface area contributed by atoms with Gasteiger partial charge >= 0.3 is 0 Å². The lowest BCUT2D eigenvalue weighted by Crippen LogP contribution is -2.36. The average molecular weight is 393 g/mol. The Balaban J connectivity index is 1.67. The monoisotopic (exact) mass is 392 g/mol. The first-order valence-corrected chi connectivity index (χ1v) is 9.23. The number of hydrogen-bond donors (Lipinski definition) is 4. The predicted octanol–water partition coefficient (Wildman–Crippen LogP) is 2.16. The van der Waals surface area contributed by atoms with Gasteiger partial charge < -0.3 is 21.3 Å². The minimum absolute atomic E-state index is 0.257. The van der Waals surface area contributed by atoms with Crippen LogP contribution in [0, 0.1) is 0 Å². The van der Waals surface area contributed by atoms with Crippen LogP contribution in [0.1, 0.15) is 19.3 Å². The molecular formula is C16H17ClN6O2S. The normalized spacial score (nSPS) is 22.8. The van der Waals surface area contributed by atoms with Gasteiger partial charge in [0.05, 0.1) is 16.0 Å². The van der Waals surface area contributed by atoms with Gasteiger partial charge in [-0.1, -0.05) is 23.4 Å². The molecule has 26 heavy (non-hydrogen) atoms. The van der Waals surface area contributed by atoms with Crippen molar-refractivity contribution in [2.45, 2.75) is 40.9 Å². The zero-order valence-electron chi connectivity index (χ0n) is 13.6. The van der Waals surface area contributed by atoms with E-state index in [-0.39, 0.29) is 12.2 Å². The van der Waals surface area contributed by atoms with Crippen molar-refractivity contribution in [2.24, 2.45) is 0 Å². The van der Waals surface area contributed by atoms with Crippen LogP contribution in [0.25, 0.3) is 5.65 Å². The maximum Gasteiger partial charge on any atom is 0.210 e. The number of nitrogens with two attached hydrogens (primary N) is 1. The summed E-state index contributed by atoms with van der Waals surface area (Å²) in [5, 5.41) is 23.7. The average Bonchev–Trinajstić information content (AvgIpc) is 3.21. The van der Waals surface area contributed by atoms with E-state index in [0.29, 0.717) is 29.5 Å². The van der Waals surface area contributed by atoms with Gasteiger partial charge in [-0.25, -0.2) is 15.0 Å². The molecule has 1 aliphatic rings. The highest BCUT2D eigenvalue weighted by atomic mass is 35.5. The number of aliphatic hydroxyl groups excluding tert-OH is 1. The molecule has 3 aromatic rings. The van der Waals surface area contributed by atoms with E-state index >= 15 is 0 Å². The van der Waals surface area contributed by atoms with Crippen molar-refractivity contribution >= 4 is 40.8 Å². The number of aliphatic hydroxyl groups is 2. The molecule has 10 heteroatoms. The molecule has 0 amide bonds. The van der Waals surface area contributed by atoms with Crippen molar-refractivity contribution in [3.8, 4) is 0 Å². The Morgan fingerprint density at radius 2 is 2.15 bits per heavy atom. The summed E-state index contributed by atoms with van der Waals surface area (Å²) in [6.07, 6.45) is 7.41. The molecule has 1 saturated carbocycles. The second-order valence-corrected chi connectivity index (χ2v) is 7.69. The molecule has 1 fully saturated rings. The second kappa shape index (κ2) is 6.58. The van der Waals surface area contributed by atoms with E-state index in [2.05, 4.69) is 20.3 Å². The summed E-state index contributed by atoms with van der Waals surface area (Å²) in [4.78, 5) is 14.3. The van der Waals surface area contributed by atoms with Crippen molar-refractivity contribution < 1.29 is 10.2 Å². The Bertz CT molecular complexity index is 967. The minimum atomic E-state index is -1.18. The molecule has 0 aromatic carbocycles. The molecule has 0 radical (unpaired) electrons. The number of nitrogen functional groups attached to an aromatic ring is 1. The Kier molecular flexibility index (Phi) is 4.39. The number of fused-ring (bicyclic) bond motifs is 1. The van der Waals surface area contributed by atoms with Crippen molar-refractivity contribution in [3.63, 3.8) is 0 Å². The first-order valence-electron chi connectivity index (χ1n) is 8.04. The standard InChI is InChI=1S/C16H17ClN6O2S/c17-12-10(2-4-19-13(12)18)26-11-8-21-15(23-6-5-20-14(11)23)22-16(25)3-1-9(24)7-16/h2,4-6,8-9,24-25H,1,3,7H2,(H2,18,19)(H,21,22)/t9-,16+/m1/s1. The number of halogens is 1. The smallest absolute Gasteiger partial charge is 0.210 e. The Hall–Kier alpha value is -2.07. The van der Waals surface area contributed by atoms with Gasteiger partial charge in [-0.15, -0.1) is 0 Å². The van der Waals surface area contributed by atoms with Crippen LogP contribution >= 0.6 is 23.4 Å². The molecule has 5 N–H and O–H groups in total. The summed E-state index contributed by atoms with van der Waals surface area (Å²) in [5.74, 6) is 0.725. The van der Waals surface area contributed by atoms with E-state index in [9.17, 15) is 10.2 Å². The van der Waals surface area contributed by atoms with Crippen LogP contribution in [0.5, 0.6) is 0 Å². The minimum Gasteiger partial charge on any atom is -0.393 e.